The average Bonchev–Trinajstić information content (AvgIpc) is 2.84. The van der Waals surface area contributed by atoms with Crippen LogP contribution in [0.3, 0.4) is 0 Å². The van der Waals surface area contributed by atoms with Crippen molar-refractivity contribution in [2.24, 2.45) is 7.05 Å². The van der Waals surface area contributed by atoms with Crippen LogP contribution in [-0.4, -0.2) is 27.8 Å². The van der Waals surface area contributed by atoms with E-state index in [1.165, 1.54) is 0 Å². The summed E-state index contributed by atoms with van der Waals surface area (Å²) in [5.41, 5.74) is 3.66. The summed E-state index contributed by atoms with van der Waals surface area (Å²) in [4.78, 5) is 16.9. The van der Waals surface area contributed by atoms with Gasteiger partial charge in [-0.2, -0.15) is 5.10 Å². The molecule has 3 aromatic rings. The minimum Gasteiger partial charge on any atom is -0.497 e. The zero-order valence-corrected chi connectivity index (χ0v) is 14.3. The monoisotopic (exact) mass is 324 g/mol. The maximum absolute atomic E-state index is 12.4. The third kappa shape index (κ3) is 3.08. The van der Waals surface area contributed by atoms with Crippen molar-refractivity contribution >= 4 is 22.8 Å². The molecule has 0 aliphatic carbocycles. The Morgan fingerprint density at radius 2 is 1.96 bits per heavy atom. The first-order chi connectivity index (χ1) is 11.5. The van der Waals surface area contributed by atoms with Crippen LogP contribution >= 0.6 is 0 Å². The Hall–Kier alpha value is -2.89. The van der Waals surface area contributed by atoms with E-state index in [2.05, 4.69) is 15.4 Å². The van der Waals surface area contributed by atoms with Crippen LogP contribution in [0.4, 0.5) is 5.82 Å². The fourth-order valence-corrected chi connectivity index (χ4v) is 2.78. The molecule has 6 heteroatoms. The quantitative estimate of drug-likeness (QED) is 0.801. The lowest BCUT2D eigenvalue weighted by Gasteiger charge is -2.05. The van der Waals surface area contributed by atoms with E-state index in [-0.39, 0.29) is 12.3 Å². The third-order valence-corrected chi connectivity index (χ3v) is 3.90. The lowest BCUT2D eigenvalue weighted by molar-refractivity contribution is -0.115. The number of aryl methyl sites for hydroxylation is 3. The fourth-order valence-electron chi connectivity index (χ4n) is 2.78. The molecule has 0 bridgehead atoms. The van der Waals surface area contributed by atoms with Crippen molar-refractivity contribution < 1.29 is 9.53 Å². The molecule has 0 saturated heterocycles. The summed E-state index contributed by atoms with van der Waals surface area (Å²) < 4.78 is 6.82. The summed E-state index contributed by atoms with van der Waals surface area (Å²) in [5, 5.41) is 8.18. The van der Waals surface area contributed by atoms with E-state index in [4.69, 9.17) is 4.74 Å². The Morgan fingerprint density at radius 3 is 2.62 bits per heavy atom. The number of nitrogens with one attached hydrogen (secondary N) is 1. The van der Waals surface area contributed by atoms with E-state index in [9.17, 15) is 4.79 Å². The molecule has 0 fully saturated rings. The van der Waals surface area contributed by atoms with Gasteiger partial charge in [0.05, 0.1) is 18.9 Å². The van der Waals surface area contributed by atoms with Gasteiger partial charge in [-0.15, -0.1) is 0 Å². The van der Waals surface area contributed by atoms with Crippen LogP contribution in [0.1, 0.15) is 16.8 Å². The van der Waals surface area contributed by atoms with Crippen molar-refractivity contribution in [3.8, 4) is 5.75 Å². The van der Waals surface area contributed by atoms with Gasteiger partial charge in [0.2, 0.25) is 5.91 Å². The second kappa shape index (κ2) is 6.31. The molecule has 0 radical (unpaired) electrons. The number of pyridine rings is 1. The average molecular weight is 324 g/mol. The Bertz CT molecular complexity index is 898. The molecular weight excluding hydrogens is 304 g/mol. The van der Waals surface area contributed by atoms with Gasteiger partial charge >= 0.3 is 0 Å². The summed E-state index contributed by atoms with van der Waals surface area (Å²) in [6, 6.07) is 9.44. The van der Waals surface area contributed by atoms with E-state index < -0.39 is 0 Å². The number of amides is 1. The van der Waals surface area contributed by atoms with Crippen molar-refractivity contribution in [2.45, 2.75) is 20.3 Å². The predicted octanol–water partition coefficient (Wildman–Crippen LogP) is 2.77. The molecule has 0 spiro atoms. The zero-order chi connectivity index (χ0) is 17.3. The van der Waals surface area contributed by atoms with Gasteiger partial charge in [-0.05, 0) is 43.2 Å². The number of anilines is 1. The fraction of sp³-hybridized carbons (Fsp3) is 0.278. The molecule has 0 atom stereocenters. The maximum Gasteiger partial charge on any atom is 0.230 e. The van der Waals surface area contributed by atoms with E-state index in [1.54, 1.807) is 11.8 Å². The number of carbonyl (C=O) groups excluding carboxylic acids is 1. The first-order valence-corrected chi connectivity index (χ1v) is 7.71. The molecule has 3 rings (SSSR count). The topological polar surface area (TPSA) is 69.0 Å². The van der Waals surface area contributed by atoms with Crippen molar-refractivity contribution in [1.29, 1.82) is 0 Å². The first kappa shape index (κ1) is 16.0. The number of ether oxygens (including phenoxy) is 1. The molecule has 0 saturated carbocycles. The van der Waals surface area contributed by atoms with Crippen LogP contribution in [0.2, 0.25) is 0 Å². The van der Waals surface area contributed by atoms with Gasteiger partial charge in [0.25, 0.3) is 0 Å². The van der Waals surface area contributed by atoms with Gasteiger partial charge in [0, 0.05) is 12.7 Å². The second-order valence-electron chi connectivity index (χ2n) is 5.82. The molecule has 0 aliphatic rings. The van der Waals surface area contributed by atoms with E-state index in [0.29, 0.717) is 5.82 Å². The SMILES string of the molecule is COc1ccc(CC(=O)Nc2nn(C)c3nc(C)cc(C)c23)cc1. The Morgan fingerprint density at radius 1 is 1.25 bits per heavy atom. The molecule has 24 heavy (non-hydrogen) atoms. The Labute approximate surface area is 140 Å². The summed E-state index contributed by atoms with van der Waals surface area (Å²) >= 11 is 0. The largest absolute Gasteiger partial charge is 0.497 e. The minimum atomic E-state index is -0.111. The second-order valence-corrected chi connectivity index (χ2v) is 5.82. The first-order valence-electron chi connectivity index (χ1n) is 7.71. The van der Waals surface area contributed by atoms with Gasteiger partial charge < -0.3 is 10.1 Å². The highest BCUT2D eigenvalue weighted by Crippen LogP contribution is 2.25. The third-order valence-electron chi connectivity index (χ3n) is 3.90. The Balaban J connectivity index is 1.82. The van der Waals surface area contributed by atoms with Crippen LogP contribution in [0.15, 0.2) is 30.3 Å². The van der Waals surface area contributed by atoms with Crippen LogP contribution < -0.4 is 10.1 Å². The molecule has 124 valence electrons. The summed E-state index contributed by atoms with van der Waals surface area (Å²) in [5.74, 6) is 1.21. The van der Waals surface area contributed by atoms with Gasteiger partial charge in [0.1, 0.15) is 5.75 Å². The van der Waals surface area contributed by atoms with Crippen molar-refractivity contribution in [3.63, 3.8) is 0 Å². The number of benzene rings is 1. The standard InChI is InChI=1S/C18H20N4O2/c1-11-9-12(2)19-18-16(11)17(21-22(18)3)20-15(23)10-13-5-7-14(24-4)8-6-13/h5-9H,10H2,1-4H3,(H,20,21,23). The van der Waals surface area contributed by atoms with Crippen molar-refractivity contribution in [2.75, 3.05) is 12.4 Å². The molecular formula is C18H20N4O2. The van der Waals surface area contributed by atoms with Gasteiger partial charge in [-0.3, -0.25) is 4.79 Å². The van der Waals surface area contributed by atoms with Crippen LogP contribution in [-0.2, 0) is 18.3 Å². The highest BCUT2D eigenvalue weighted by Gasteiger charge is 2.15. The molecule has 0 unspecified atom stereocenters. The summed E-state index contributed by atoms with van der Waals surface area (Å²) in [7, 11) is 3.44. The Kier molecular flexibility index (Phi) is 4.20. The number of fused-ring (bicyclic) bond motifs is 1. The lowest BCUT2D eigenvalue weighted by Crippen LogP contribution is -2.15. The summed E-state index contributed by atoms with van der Waals surface area (Å²) in [6.45, 7) is 3.94. The normalized spacial score (nSPS) is 10.8. The van der Waals surface area contributed by atoms with E-state index >= 15 is 0 Å². The molecule has 0 aliphatic heterocycles. The molecule has 2 aromatic heterocycles. The number of rotatable bonds is 4. The smallest absolute Gasteiger partial charge is 0.230 e. The van der Waals surface area contributed by atoms with Crippen LogP contribution in [0.5, 0.6) is 5.75 Å². The van der Waals surface area contributed by atoms with E-state index in [1.807, 2.05) is 51.2 Å². The molecule has 1 aromatic carbocycles. The molecule has 6 nitrogen and oxygen atoms in total. The highest BCUT2D eigenvalue weighted by molar-refractivity contribution is 6.00. The van der Waals surface area contributed by atoms with Crippen molar-refractivity contribution in [1.82, 2.24) is 14.8 Å². The number of methoxy groups -OCH3 is 1. The predicted molar refractivity (Wildman–Crippen MR) is 93.3 cm³/mol. The number of aromatic nitrogens is 3. The van der Waals surface area contributed by atoms with Gasteiger partial charge in [0.15, 0.2) is 11.5 Å². The lowest BCUT2D eigenvalue weighted by atomic mass is 10.1. The molecule has 1 N–H and O–H groups in total. The maximum atomic E-state index is 12.4. The van der Waals surface area contributed by atoms with Gasteiger partial charge in [-0.25, -0.2) is 9.67 Å². The number of nitrogens with zero attached hydrogens (tertiary/aromatic N) is 3. The van der Waals surface area contributed by atoms with Crippen LogP contribution in [0, 0.1) is 13.8 Å². The number of carbonyl (C=O) groups is 1. The molecule has 2 heterocycles. The zero-order valence-electron chi connectivity index (χ0n) is 14.3. The van der Waals surface area contributed by atoms with Crippen molar-refractivity contribution in [3.05, 3.63) is 47.2 Å². The highest BCUT2D eigenvalue weighted by atomic mass is 16.5. The van der Waals surface area contributed by atoms with Crippen LogP contribution in [0.25, 0.3) is 11.0 Å². The summed E-state index contributed by atoms with van der Waals surface area (Å²) in [6.07, 6.45) is 0.278. The van der Waals surface area contributed by atoms with E-state index in [0.717, 1.165) is 33.6 Å². The number of hydrogen-bond donors (Lipinski definition) is 1. The number of hydrogen-bond acceptors (Lipinski definition) is 4. The minimum absolute atomic E-state index is 0.111. The molecule has 1 amide bonds. The van der Waals surface area contributed by atoms with Gasteiger partial charge in [-0.1, -0.05) is 12.1 Å².